The zero-order valence-electron chi connectivity index (χ0n) is 22.0. The number of carbonyl (C=O) groups excluding carboxylic acids is 7. The molecule has 0 radical (unpaired) electrons. The average molecular weight is 526 g/mol. The predicted octanol–water partition coefficient (Wildman–Crippen LogP) is 0.453. The summed E-state index contributed by atoms with van der Waals surface area (Å²) in [5, 5.41) is 8.33. The summed E-state index contributed by atoms with van der Waals surface area (Å²) in [6.07, 6.45) is 1.30. The highest BCUT2D eigenvalue weighted by molar-refractivity contribution is 6.01. The molecule has 1 saturated heterocycles. The van der Waals surface area contributed by atoms with E-state index in [2.05, 4.69) is 16.0 Å². The van der Waals surface area contributed by atoms with Crippen LogP contribution < -0.4 is 21.7 Å². The van der Waals surface area contributed by atoms with Gasteiger partial charge >= 0.3 is 12.0 Å². The molecule has 6 amide bonds. The fourth-order valence-electron chi connectivity index (χ4n) is 3.61. The minimum atomic E-state index is -0.879. The molecule has 1 aliphatic rings. The van der Waals surface area contributed by atoms with Gasteiger partial charge in [-0.3, -0.25) is 24.0 Å². The minimum absolute atomic E-state index is 0.00968. The normalized spacial score (nSPS) is 14.9. The van der Waals surface area contributed by atoms with Crippen molar-refractivity contribution in [3.8, 4) is 0 Å². The van der Waals surface area contributed by atoms with Gasteiger partial charge in [0.25, 0.3) is 11.8 Å². The molecule has 0 aromatic rings. The number of nitrogens with one attached hydrogen (secondary N) is 3. The van der Waals surface area contributed by atoms with Crippen molar-refractivity contribution in [2.75, 3.05) is 6.54 Å². The molecule has 0 spiro atoms. The largest absolute Gasteiger partial charge is 0.352 e. The van der Waals surface area contributed by atoms with Crippen molar-refractivity contribution in [3.05, 3.63) is 0 Å². The van der Waals surface area contributed by atoms with Gasteiger partial charge in [0.05, 0.1) is 6.04 Å². The zero-order valence-corrected chi connectivity index (χ0v) is 22.0. The van der Waals surface area contributed by atoms with Gasteiger partial charge in [-0.2, -0.15) is 0 Å². The molecule has 5 N–H and O–H groups in total. The molecule has 208 valence electrons. The second-order valence-corrected chi connectivity index (χ2v) is 9.59. The molecule has 2 unspecified atom stereocenters. The third-order valence-corrected chi connectivity index (χ3v) is 5.70. The molecule has 13 nitrogen and oxygen atoms in total. The van der Waals surface area contributed by atoms with Crippen LogP contribution in [0.5, 0.6) is 0 Å². The Kier molecular flexibility index (Phi) is 13.3. The standard InChI is InChI=1S/C24H39N5O8/c1-14(2)21(23(35)27-16(22(34)15(3)4)8-7-13-26-24(25)36)28-17(30)9-5-6-10-20(33)37-29-18(31)11-12-19(29)32/h14-16,21H,5-13H2,1-4H3,(H,27,35)(H,28,30)(H3,25,26,36). The van der Waals surface area contributed by atoms with Crippen LogP contribution in [0.3, 0.4) is 0 Å². The Morgan fingerprint density at radius 1 is 0.919 bits per heavy atom. The molecule has 1 aliphatic heterocycles. The van der Waals surface area contributed by atoms with Gasteiger partial charge in [0.2, 0.25) is 11.8 Å². The topological polar surface area (TPSA) is 194 Å². The van der Waals surface area contributed by atoms with E-state index in [1.54, 1.807) is 27.7 Å². The van der Waals surface area contributed by atoms with Gasteiger partial charge in [-0.05, 0) is 31.6 Å². The molecule has 0 aliphatic carbocycles. The van der Waals surface area contributed by atoms with Gasteiger partial charge in [-0.15, -0.1) is 5.06 Å². The number of Topliss-reactive ketones (excluding diaryl/α,β-unsaturated/α-hetero) is 1. The van der Waals surface area contributed by atoms with Gasteiger partial charge < -0.3 is 26.5 Å². The van der Waals surface area contributed by atoms with E-state index in [0.717, 1.165) is 0 Å². The summed E-state index contributed by atoms with van der Waals surface area (Å²) >= 11 is 0. The van der Waals surface area contributed by atoms with E-state index in [1.807, 2.05) is 0 Å². The van der Waals surface area contributed by atoms with E-state index >= 15 is 0 Å². The summed E-state index contributed by atoms with van der Waals surface area (Å²) in [4.78, 5) is 88.4. The highest BCUT2D eigenvalue weighted by Crippen LogP contribution is 2.14. The smallest absolute Gasteiger partial charge is 0.333 e. The van der Waals surface area contributed by atoms with Gasteiger partial charge in [0.15, 0.2) is 5.78 Å². The maximum absolute atomic E-state index is 12.9. The maximum Gasteiger partial charge on any atom is 0.333 e. The number of rotatable bonds is 16. The van der Waals surface area contributed by atoms with Crippen LogP contribution in [0.4, 0.5) is 4.79 Å². The summed E-state index contributed by atoms with van der Waals surface area (Å²) < 4.78 is 0. The molecule has 0 bridgehead atoms. The quantitative estimate of drug-likeness (QED) is 0.165. The van der Waals surface area contributed by atoms with Crippen LogP contribution in [0.1, 0.15) is 79.1 Å². The number of hydrogen-bond acceptors (Lipinski definition) is 8. The number of unbranched alkanes of at least 4 members (excludes halogenated alkanes) is 1. The van der Waals surface area contributed by atoms with Gasteiger partial charge in [-0.1, -0.05) is 27.7 Å². The number of urea groups is 1. The summed E-state index contributed by atoms with van der Waals surface area (Å²) in [6.45, 7) is 7.23. The van der Waals surface area contributed by atoms with E-state index in [0.29, 0.717) is 24.3 Å². The number of nitrogens with zero attached hydrogens (tertiary/aromatic N) is 1. The van der Waals surface area contributed by atoms with Crippen molar-refractivity contribution in [1.29, 1.82) is 0 Å². The second kappa shape index (κ2) is 15.6. The molecule has 0 saturated carbocycles. The van der Waals surface area contributed by atoms with Crippen LogP contribution >= 0.6 is 0 Å². The number of hydrogen-bond donors (Lipinski definition) is 4. The number of imide groups is 1. The summed E-state index contributed by atoms with van der Waals surface area (Å²) in [7, 11) is 0. The van der Waals surface area contributed by atoms with Gasteiger partial charge in [0, 0.05) is 38.1 Å². The number of hydroxylamine groups is 2. The van der Waals surface area contributed by atoms with Crippen molar-refractivity contribution in [3.63, 3.8) is 0 Å². The Morgan fingerprint density at radius 3 is 2.05 bits per heavy atom. The third kappa shape index (κ3) is 11.4. The van der Waals surface area contributed by atoms with Crippen molar-refractivity contribution in [2.45, 2.75) is 91.1 Å². The molecular formula is C24H39N5O8. The molecule has 0 aromatic carbocycles. The first kappa shape index (κ1) is 31.5. The number of primary amides is 1. The van der Waals surface area contributed by atoms with Crippen LogP contribution in [0, 0.1) is 11.8 Å². The number of amides is 6. The summed E-state index contributed by atoms with van der Waals surface area (Å²) in [5.74, 6) is -3.50. The molecular weight excluding hydrogens is 486 g/mol. The average Bonchev–Trinajstić information content (AvgIpc) is 3.13. The van der Waals surface area contributed by atoms with E-state index in [9.17, 15) is 33.6 Å². The first-order chi connectivity index (χ1) is 17.3. The Bertz CT molecular complexity index is 857. The second-order valence-electron chi connectivity index (χ2n) is 9.59. The Balaban J connectivity index is 2.54. The van der Waals surface area contributed by atoms with Crippen LogP contribution in [0.15, 0.2) is 0 Å². The molecule has 0 aromatic heterocycles. The molecule has 37 heavy (non-hydrogen) atoms. The fraction of sp³-hybridized carbons (Fsp3) is 0.708. The van der Waals surface area contributed by atoms with Crippen molar-refractivity contribution < 1.29 is 38.4 Å². The van der Waals surface area contributed by atoms with E-state index < -0.39 is 47.7 Å². The van der Waals surface area contributed by atoms with E-state index in [4.69, 9.17) is 10.6 Å². The van der Waals surface area contributed by atoms with E-state index in [-0.39, 0.29) is 56.3 Å². The zero-order chi connectivity index (χ0) is 28.1. The van der Waals surface area contributed by atoms with Crippen molar-refractivity contribution in [1.82, 2.24) is 21.0 Å². The molecule has 13 heteroatoms. The van der Waals surface area contributed by atoms with Crippen LogP contribution in [-0.4, -0.2) is 65.1 Å². The van der Waals surface area contributed by atoms with E-state index in [1.165, 1.54) is 0 Å². The van der Waals surface area contributed by atoms with Gasteiger partial charge in [0.1, 0.15) is 6.04 Å². The van der Waals surface area contributed by atoms with Crippen molar-refractivity contribution in [2.24, 2.45) is 17.6 Å². The van der Waals surface area contributed by atoms with Crippen LogP contribution in [0.2, 0.25) is 0 Å². The summed E-state index contributed by atoms with van der Waals surface area (Å²) in [5.41, 5.74) is 5.04. The first-order valence-corrected chi connectivity index (χ1v) is 12.6. The lowest BCUT2D eigenvalue weighted by Gasteiger charge is -2.26. The predicted molar refractivity (Wildman–Crippen MR) is 131 cm³/mol. The van der Waals surface area contributed by atoms with Crippen LogP contribution in [0.25, 0.3) is 0 Å². The van der Waals surface area contributed by atoms with Gasteiger partial charge in [-0.25, -0.2) is 9.59 Å². The Hall–Kier alpha value is -3.51. The fourth-order valence-corrected chi connectivity index (χ4v) is 3.61. The third-order valence-electron chi connectivity index (χ3n) is 5.70. The number of ketones is 1. The lowest BCUT2D eigenvalue weighted by Crippen LogP contribution is -2.54. The number of carbonyl (C=O) groups is 7. The highest BCUT2D eigenvalue weighted by atomic mass is 16.7. The molecule has 1 fully saturated rings. The number of nitrogens with two attached hydrogens (primary N) is 1. The lowest BCUT2D eigenvalue weighted by atomic mass is 9.96. The SMILES string of the molecule is CC(C)C(=O)C(CCCNC(N)=O)NC(=O)C(NC(=O)CCCCC(=O)ON1C(=O)CCC1=O)C(C)C. The monoisotopic (exact) mass is 525 g/mol. The molecule has 2 atom stereocenters. The first-order valence-electron chi connectivity index (χ1n) is 12.6. The summed E-state index contributed by atoms with van der Waals surface area (Å²) in [6, 6.07) is -2.33. The maximum atomic E-state index is 12.9. The Morgan fingerprint density at radius 2 is 1.51 bits per heavy atom. The lowest BCUT2D eigenvalue weighted by molar-refractivity contribution is -0.197. The van der Waals surface area contributed by atoms with Crippen molar-refractivity contribution >= 4 is 41.4 Å². The highest BCUT2D eigenvalue weighted by Gasteiger charge is 2.33. The van der Waals surface area contributed by atoms with Crippen LogP contribution in [-0.2, 0) is 33.6 Å². The Labute approximate surface area is 216 Å². The minimum Gasteiger partial charge on any atom is -0.352 e. The molecule has 1 heterocycles. The molecule has 1 rings (SSSR count).